The number of halogens is 2. The first-order valence-corrected chi connectivity index (χ1v) is 8.64. The highest BCUT2D eigenvalue weighted by Gasteiger charge is 2.33. The Labute approximate surface area is 149 Å². The molecule has 0 spiro atoms. The van der Waals surface area contributed by atoms with E-state index in [0.29, 0.717) is 28.8 Å². The van der Waals surface area contributed by atoms with Gasteiger partial charge in [0.05, 0.1) is 11.4 Å². The van der Waals surface area contributed by atoms with Gasteiger partial charge in [0.2, 0.25) is 0 Å². The molecule has 1 aliphatic heterocycles. The topological polar surface area (TPSA) is 43.1 Å². The number of aliphatic imine (C=N–C) groups is 1. The Kier molecular flexibility index (Phi) is 3.25. The zero-order chi connectivity index (χ0) is 17.0. The molecule has 0 N–H and O–H groups in total. The summed E-state index contributed by atoms with van der Waals surface area (Å²) in [5, 5.41) is 9.29. The predicted octanol–water partition coefficient (Wildman–Crippen LogP) is 4.29. The average molecular weight is 353 g/mol. The molecule has 1 aromatic heterocycles. The van der Waals surface area contributed by atoms with Crippen LogP contribution in [0.5, 0.6) is 0 Å². The van der Waals surface area contributed by atoms with Crippen molar-refractivity contribution in [1.82, 2.24) is 14.8 Å². The van der Waals surface area contributed by atoms with Gasteiger partial charge in [0, 0.05) is 22.1 Å². The molecule has 0 unspecified atom stereocenters. The number of nitrogens with zero attached hydrogens (tertiary/aromatic N) is 4. The molecule has 3 aromatic rings. The summed E-state index contributed by atoms with van der Waals surface area (Å²) in [5.41, 5.74) is 2.78. The molecular formula is C19H14ClFN4. The largest absolute Gasteiger partial charge is 0.280 e. The Morgan fingerprint density at radius 1 is 1.04 bits per heavy atom. The van der Waals surface area contributed by atoms with Crippen LogP contribution < -0.4 is 0 Å². The molecule has 1 fully saturated rings. The van der Waals surface area contributed by atoms with Crippen molar-refractivity contribution in [1.29, 1.82) is 0 Å². The molecule has 0 bridgehead atoms. The summed E-state index contributed by atoms with van der Waals surface area (Å²) < 4.78 is 16.5. The molecule has 0 amide bonds. The van der Waals surface area contributed by atoms with Crippen molar-refractivity contribution < 1.29 is 4.39 Å². The van der Waals surface area contributed by atoms with Crippen molar-refractivity contribution in [2.24, 2.45) is 4.99 Å². The standard InChI is InChI=1S/C19H14ClFN4/c20-12-7-8-16-14(9-12)18(13-3-1-2-4-15(13)21)22-10-17-23-24-19(25(16)17)11-5-6-11/h1-4,7-9,11H,5-6,10H2. The maximum absolute atomic E-state index is 14.4. The summed E-state index contributed by atoms with van der Waals surface area (Å²) in [6.07, 6.45) is 2.25. The maximum Gasteiger partial charge on any atom is 0.159 e. The van der Waals surface area contributed by atoms with Crippen molar-refractivity contribution in [3.63, 3.8) is 0 Å². The lowest BCUT2D eigenvalue weighted by atomic mass is 10.00. The van der Waals surface area contributed by atoms with Crippen LogP contribution in [-0.2, 0) is 6.54 Å². The number of rotatable bonds is 2. The Hall–Kier alpha value is -2.53. The number of fused-ring (bicyclic) bond motifs is 3. The fourth-order valence-electron chi connectivity index (χ4n) is 3.31. The summed E-state index contributed by atoms with van der Waals surface area (Å²) >= 11 is 6.25. The first-order valence-electron chi connectivity index (χ1n) is 8.26. The smallest absolute Gasteiger partial charge is 0.159 e. The molecule has 1 saturated carbocycles. The van der Waals surface area contributed by atoms with Crippen LogP contribution in [0.4, 0.5) is 4.39 Å². The molecule has 0 radical (unpaired) electrons. The second-order valence-corrected chi connectivity index (χ2v) is 6.83. The Bertz CT molecular complexity index is 1020. The first-order chi connectivity index (χ1) is 12.2. The maximum atomic E-state index is 14.4. The minimum Gasteiger partial charge on any atom is -0.280 e. The molecule has 25 heavy (non-hydrogen) atoms. The van der Waals surface area contributed by atoms with Gasteiger partial charge in [-0.25, -0.2) is 4.39 Å². The second kappa shape index (κ2) is 5.49. The third-order valence-corrected chi connectivity index (χ3v) is 4.89. The van der Waals surface area contributed by atoms with E-state index in [1.807, 2.05) is 24.3 Å². The van der Waals surface area contributed by atoms with E-state index in [1.54, 1.807) is 12.1 Å². The van der Waals surface area contributed by atoms with Crippen LogP contribution in [0.2, 0.25) is 5.02 Å². The van der Waals surface area contributed by atoms with Gasteiger partial charge in [0.25, 0.3) is 0 Å². The molecule has 2 heterocycles. The zero-order valence-corrected chi connectivity index (χ0v) is 14.0. The van der Waals surface area contributed by atoms with Crippen LogP contribution in [-0.4, -0.2) is 20.5 Å². The molecule has 2 aromatic carbocycles. The highest BCUT2D eigenvalue weighted by molar-refractivity contribution is 6.31. The van der Waals surface area contributed by atoms with E-state index in [4.69, 9.17) is 11.6 Å². The quantitative estimate of drug-likeness (QED) is 0.690. The summed E-state index contributed by atoms with van der Waals surface area (Å²) in [5.74, 6) is 1.88. The highest BCUT2D eigenvalue weighted by Crippen LogP contribution is 2.41. The predicted molar refractivity (Wildman–Crippen MR) is 94.1 cm³/mol. The van der Waals surface area contributed by atoms with E-state index in [0.717, 1.165) is 35.7 Å². The lowest BCUT2D eigenvalue weighted by Gasteiger charge is -2.14. The fraction of sp³-hybridized carbons (Fsp3) is 0.211. The summed E-state index contributed by atoms with van der Waals surface area (Å²) in [4.78, 5) is 4.67. The van der Waals surface area contributed by atoms with Crippen LogP contribution in [0, 0.1) is 5.82 Å². The minimum atomic E-state index is -0.299. The van der Waals surface area contributed by atoms with Gasteiger partial charge in [0.15, 0.2) is 5.82 Å². The Balaban J connectivity index is 1.78. The van der Waals surface area contributed by atoms with Crippen LogP contribution >= 0.6 is 11.6 Å². The van der Waals surface area contributed by atoms with Gasteiger partial charge in [0.1, 0.15) is 18.2 Å². The fourth-order valence-corrected chi connectivity index (χ4v) is 3.48. The van der Waals surface area contributed by atoms with Crippen molar-refractivity contribution in [2.45, 2.75) is 25.3 Å². The first kappa shape index (κ1) is 14.8. The lowest BCUT2D eigenvalue weighted by Crippen LogP contribution is -2.10. The molecule has 4 nitrogen and oxygen atoms in total. The highest BCUT2D eigenvalue weighted by atomic mass is 35.5. The average Bonchev–Trinajstić information content (AvgIpc) is 3.39. The molecule has 0 saturated heterocycles. The number of benzene rings is 2. The van der Waals surface area contributed by atoms with E-state index in [2.05, 4.69) is 19.8 Å². The van der Waals surface area contributed by atoms with Gasteiger partial charge in [-0.1, -0.05) is 23.7 Å². The van der Waals surface area contributed by atoms with E-state index in [-0.39, 0.29) is 5.82 Å². The summed E-state index contributed by atoms with van der Waals surface area (Å²) in [6.45, 7) is 0.357. The molecule has 5 rings (SSSR count). The molecule has 124 valence electrons. The summed E-state index contributed by atoms with van der Waals surface area (Å²) in [7, 11) is 0. The second-order valence-electron chi connectivity index (χ2n) is 6.39. The van der Waals surface area contributed by atoms with Gasteiger partial charge in [-0.2, -0.15) is 0 Å². The van der Waals surface area contributed by atoms with Gasteiger partial charge < -0.3 is 0 Å². The van der Waals surface area contributed by atoms with Crippen LogP contribution in [0.15, 0.2) is 47.5 Å². The van der Waals surface area contributed by atoms with Crippen molar-refractivity contribution in [3.8, 4) is 5.69 Å². The van der Waals surface area contributed by atoms with Crippen molar-refractivity contribution >= 4 is 17.3 Å². The number of aromatic nitrogens is 3. The molecular weight excluding hydrogens is 339 g/mol. The van der Waals surface area contributed by atoms with Crippen LogP contribution in [0.3, 0.4) is 0 Å². The Morgan fingerprint density at radius 3 is 2.68 bits per heavy atom. The molecule has 2 aliphatic rings. The molecule has 1 aliphatic carbocycles. The van der Waals surface area contributed by atoms with E-state index >= 15 is 0 Å². The lowest BCUT2D eigenvalue weighted by molar-refractivity contribution is 0.625. The third kappa shape index (κ3) is 2.38. The van der Waals surface area contributed by atoms with Crippen LogP contribution in [0.25, 0.3) is 5.69 Å². The van der Waals surface area contributed by atoms with Crippen molar-refractivity contribution in [3.05, 3.63) is 76.1 Å². The van der Waals surface area contributed by atoms with E-state index < -0.39 is 0 Å². The normalized spacial score (nSPS) is 16.0. The van der Waals surface area contributed by atoms with Gasteiger partial charge in [-0.05, 0) is 43.2 Å². The molecule has 6 heteroatoms. The zero-order valence-electron chi connectivity index (χ0n) is 13.3. The van der Waals surface area contributed by atoms with Crippen LogP contribution in [0.1, 0.15) is 41.5 Å². The van der Waals surface area contributed by atoms with E-state index in [9.17, 15) is 4.39 Å². The number of hydrogen-bond acceptors (Lipinski definition) is 3. The van der Waals surface area contributed by atoms with Gasteiger partial charge in [-0.15, -0.1) is 10.2 Å². The third-order valence-electron chi connectivity index (χ3n) is 4.66. The van der Waals surface area contributed by atoms with Gasteiger partial charge in [-0.3, -0.25) is 9.56 Å². The van der Waals surface area contributed by atoms with E-state index in [1.165, 1.54) is 6.07 Å². The number of hydrogen-bond donors (Lipinski definition) is 0. The van der Waals surface area contributed by atoms with Crippen molar-refractivity contribution in [2.75, 3.05) is 0 Å². The minimum absolute atomic E-state index is 0.299. The SMILES string of the molecule is Fc1ccccc1C1=NCc2nnc(C3CC3)n2-c2ccc(Cl)cc21. The Morgan fingerprint density at radius 2 is 1.88 bits per heavy atom. The van der Waals surface area contributed by atoms with Gasteiger partial charge >= 0.3 is 0 Å². The molecule has 0 atom stereocenters. The summed E-state index contributed by atoms with van der Waals surface area (Å²) in [6, 6.07) is 12.3. The monoisotopic (exact) mass is 352 g/mol.